The van der Waals surface area contributed by atoms with E-state index >= 15 is 0 Å². The number of rotatable bonds is 3. The van der Waals surface area contributed by atoms with Crippen LogP contribution in [-0.2, 0) is 11.3 Å². The third kappa shape index (κ3) is 2.55. The SMILES string of the molecule is COC1C=CC(n2ccc3cc(CO)ccc3c2=O)=CC1. The van der Waals surface area contributed by atoms with E-state index in [4.69, 9.17) is 9.84 Å². The van der Waals surface area contributed by atoms with Crippen molar-refractivity contribution in [2.24, 2.45) is 0 Å². The Hall–Kier alpha value is -2.17. The quantitative estimate of drug-likeness (QED) is 0.940. The predicted octanol–water partition coefficient (Wildman–Crippen LogP) is 2.31. The molecule has 0 saturated heterocycles. The van der Waals surface area contributed by atoms with Crippen molar-refractivity contribution in [3.63, 3.8) is 0 Å². The van der Waals surface area contributed by atoms with Crippen molar-refractivity contribution in [3.05, 3.63) is 64.6 Å². The monoisotopic (exact) mass is 283 g/mol. The highest BCUT2D eigenvalue weighted by molar-refractivity contribution is 5.83. The number of benzene rings is 1. The number of nitrogens with zero attached hydrogens (tertiary/aromatic N) is 1. The third-order valence-electron chi connectivity index (χ3n) is 3.77. The summed E-state index contributed by atoms with van der Waals surface area (Å²) in [5.41, 5.74) is 1.62. The number of hydrogen-bond acceptors (Lipinski definition) is 3. The molecule has 1 atom stereocenters. The average Bonchev–Trinajstić information content (AvgIpc) is 2.55. The van der Waals surface area contributed by atoms with Crippen molar-refractivity contribution in [1.82, 2.24) is 4.57 Å². The largest absolute Gasteiger partial charge is 0.392 e. The van der Waals surface area contributed by atoms with Gasteiger partial charge in [0.1, 0.15) is 0 Å². The molecule has 108 valence electrons. The highest BCUT2D eigenvalue weighted by atomic mass is 16.5. The Bertz CT molecular complexity index is 786. The van der Waals surface area contributed by atoms with Crippen LogP contribution < -0.4 is 5.56 Å². The number of fused-ring (bicyclic) bond motifs is 1. The van der Waals surface area contributed by atoms with E-state index in [0.717, 1.165) is 23.1 Å². The van der Waals surface area contributed by atoms with Crippen molar-refractivity contribution in [1.29, 1.82) is 0 Å². The average molecular weight is 283 g/mol. The van der Waals surface area contributed by atoms with E-state index in [-0.39, 0.29) is 18.3 Å². The number of aliphatic hydroxyl groups is 1. The molecular weight excluding hydrogens is 266 g/mol. The molecule has 1 heterocycles. The minimum atomic E-state index is -0.0521. The van der Waals surface area contributed by atoms with Gasteiger partial charge in [0.2, 0.25) is 0 Å². The summed E-state index contributed by atoms with van der Waals surface area (Å²) in [5.74, 6) is 0. The molecule has 1 N–H and O–H groups in total. The molecule has 1 aromatic carbocycles. The van der Waals surface area contributed by atoms with Gasteiger partial charge in [-0.3, -0.25) is 9.36 Å². The molecule has 1 aliphatic rings. The van der Waals surface area contributed by atoms with Gasteiger partial charge in [0.05, 0.1) is 12.7 Å². The van der Waals surface area contributed by atoms with E-state index in [1.807, 2.05) is 30.4 Å². The van der Waals surface area contributed by atoms with Gasteiger partial charge < -0.3 is 9.84 Å². The fourth-order valence-corrected chi connectivity index (χ4v) is 2.54. The zero-order chi connectivity index (χ0) is 14.8. The summed E-state index contributed by atoms with van der Waals surface area (Å²) in [7, 11) is 1.68. The van der Waals surface area contributed by atoms with Crippen LogP contribution in [0.1, 0.15) is 12.0 Å². The molecular formula is C17H17NO3. The highest BCUT2D eigenvalue weighted by Gasteiger charge is 2.11. The zero-order valence-corrected chi connectivity index (χ0v) is 11.8. The van der Waals surface area contributed by atoms with Crippen LogP contribution in [0.5, 0.6) is 0 Å². The molecule has 1 unspecified atom stereocenters. The fourth-order valence-electron chi connectivity index (χ4n) is 2.54. The van der Waals surface area contributed by atoms with Gasteiger partial charge in [0.15, 0.2) is 0 Å². The Balaban J connectivity index is 2.06. The third-order valence-corrected chi connectivity index (χ3v) is 3.77. The number of aliphatic hydroxyl groups excluding tert-OH is 1. The van der Waals surface area contributed by atoms with E-state index in [0.29, 0.717) is 5.39 Å². The molecule has 0 spiro atoms. The first-order valence-electron chi connectivity index (χ1n) is 6.89. The fraction of sp³-hybridized carbons (Fsp3) is 0.235. The molecule has 4 nitrogen and oxygen atoms in total. The van der Waals surface area contributed by atoms with Gasteiger partial charge in [0, 0.05) is 24.4 Å². The molecule has 0 bridgehead atoms. The van der Waals surface area contributed by atoms with E-state index in [1.165, 1.54) is 0 Å². The molecule has 1 aliphatic carbocycles. The summed E-state index contributed by atoms with van der Waals surface area (Å²) in [6.07, 6.45) is 8.49. The lowest BCUT2D eigenvalue weighted by Gasteiger charge is -2.16. The standard InChI is InChI=1S/C17H17NO3/c1-21-15-5-3-14(4-6-15)18-9-8-13-10-12(11-19)2-7-16(13)17(18)20/h2-5,7-10,15,19H,6,11H2,1H3. The minimum absolute atomic E-state index is 0.0225. The summed E-state index contributed by atoms with van der Waals surface area (Å²) >= 11 is 0. The van der Waals surface area contributed by atoms with Crippen LogP contribution in [0.25, 0.3) is 16.5 Å². The second-order valence-corrected chi connectivity index (χ2v) is 5.07. The Morgan fingerprint density at radius 1 is 1.38 bits per heavy atom. The molecule has 21 heavy (non-hydrogen) atoms. The maximum absolute atomic E-state index is 12.6. The molecule has 4 heteroatoms. The Morgan fingerprint density at radius 2 is 2.24 bits per heavy atom. The normalized spacial score (nSPS) is 18.0. The Morgan fingerprint density at radius 3 is 2.90 bits per heavy atom. The molecule has 0 saturated carbocycles. The van der Waals surface area contributed by atoms with Gasteiger partial charge in [0.25, 0.3) is 5.56 Å². The summed E-state index contributed by atoms with van der Waals surface area (Å²) in [5, 5.41) is 10.7. The zero-order valence-electron chi connectivity index (χ0n) is 11.8. The molecule has 2 aromatic rings. The molecule has 0 radical (unpaired) electrons. The van der Waals surface area contributed by atoms with Crippen LogP contribution in [0.4, 0.5) is 0 Å². The molecule has 1 aromatic heterocycles. The molecule has 3 rings (SSSR count). The van der Waals surface area contributed by atoms with Crippen LogP contribution in [-0.4, -0.2) is 22.9 Å². The topological polar surface area (TPSA) is 51.5 Å². The van der Waals surface area contributed by atoms with Crippen molar-refractivity contribution in [3.8, 4) is 0 Å². The molecule has 0 amide bonds. The number of methoxy groups -OCH3 is 1. The number of aromatic nitrogens is 1. The van der Waals surface area contributed by atoms with Gasteiger partial charge in [-0.1, -0.05) is 18.2 Å². The van der Waals surface area contributed by atoms with Gasteiger partial charge >= 0.3 is 0 Å². The summed E-state index contributed by atoms with van der Waals surface area (Å²) in [4.78, 5) is 12.6. The van der Waals surface area contributed by atoms with Crippen molar-refractivity contribution in [2.45, 2.75) is 19.1 Å². The lowest BCUT2D eigenvalue weighted by Crippen LogP contribution is -2.20. The number of ether oxygens (including phenoxy) is 1. The maximum Gasteiger partial charge on any atom is 0.262 e. The van der Waals surface area contributed by atoms with Crippen molar-refractivity contribution in [2.75, 3.05) is 7.11 Å². The Kier molecular flexibility index (Phi) is 3.73. The first-order valence-corrected chi connectivity index (χ1v) is 6.89. The summed E-state index contributed by atoms with van der Waals surface area (Å²) in [6, 6.07) is 7.28. The van der Waals surface area contributed by atoms with Crippen LogP contribution in [0.3, 0.4) is 0 Å². The maximum atomic E-state index is 12.6. The molecule has 0 fully saturated rings. The highest BCUT2D eigenvalue weighted by Crippen LogP contribution is 2.18. The Labute approximate surface area is 122 Å². The lowest BCUT2D eigenvalue weighted by atomic mass is 10.1. The lowest BCUT2D eigenvalue weighted by molar-refractivity contribution is 0.143. The first kappa shape index (κ1) is 13.8. The van der Waals surface area contributed by atoms with Gasteiger partial charge in [-0.05, 0) is 41.6 Å². The van der Waals surface area contributed by atoms with Crippen molar-refractivity contribution >= 4 is 16.5 Å². The van der Waals surface area contributed by atoms with Crippen molar-refractivity contribution < 1.29 is 9.84 Å². The summed E-state index contributed by atoms with van der Waals surface area (Å²) < 4.78 is 6.90. The van der Waals surface area contributed by atoms with E-state index < -0.39 is 0 Å². The van der Waals surface area contributed by atoms with Crippen LogP contribution >= 0.6 is 0 Å². The minimum Gasteiger partial charge on any atom is -0.392 e. The van der Waals surface area contributed by atoms with Crippen LogP contribution in [0, 0.1) is 0 Å². The summed E-state index contributed by atoms with van der Waals surface area (Å²) in [6.45, 7) is -0.0225. The first-order chi connectivity index (χ1) is 10.2. The second kappa shape index (κ2) is 5.68. The second-order valence-electron chi connectivity index (χ2n) is 5.07. The van der Waals surface area contributed by atoms with Gasteiger partial charge in [-0.15, -0.1) is 0 Å². The van der Waals surface area contributed by atoms with E-state index in [1.54, 1.807) is 30.0 Å². The number of allylic oxidation sites excluding steroid dienone is 2. The predicted molar refractivity (Wildman–Crippen MR) is 83.0 cm³/mol. The van der Waals surface area contributed by atoms with E-state index in [9.17, 15) is 4.79 Å². The smallest absolute Gasteiger partial charge is 0.262 e. The molecule has 0 aliphatic heterocycles. The van der Waals surface area contributed by atoms with Gasteiger partial charge in [-0.25, -0.2) is 0 Å². The number of hydrogen-bond donors (Lipinski definition) is 1. The van der Waals surface area contributed by atoms with Crippen LogP contribution in [0.15, 0.2) is 53.5 Å². The van der Waals surface area contributed by atoms with Gasteiger partial charge in [-0.2, -0.15) is 0 Å². The van der Waals surface area contributed by atoms with Crippen LogP contribution in [0.2, 0.25) is 0 Å². The van der Waals surface area contributed by atoms with E-state index in [2.05, 4.69) is 0 Å². The number of pyridine rings is 1.